The molecule has 2 rings (SSSR count). The SMILES string of the molecule is CCCCN(CCCC)c1ccc(/C=C/C=C/C=C/C=C/C=C/C=C2C(=O)N(CC)C(=S)N(CC)C2=O)cc1. The molecule has 1 aromatic rings. The molecule has 0 saturated carbocycles. The summed E-state index contributed by atoms with van der Waals surface area (Å²) >= 11 is 5.27. The zero-order valence-corrected chi connectivity index (χ0v) is 24.7. The maximum atomic E-state index is 12.6. The van der Waals surface area contributed by atoms with Gasteiger partial charge in [-0.1, -0.05) is 99.6 Å². The van der Waals surface area contributed by atoms with Crippen molar-refractivity contribution in [1.82, 2.24) is 9.80 Å². The van der Waals surface area contributed by atoms with Gasteiger partial charge in [0, 0.05) is 31.9 Å². The molecule has 0 radical (unpaired) electrons. The third kappa shape index (κ3) is 9.95. The van der Waals surface area contributed by atoms with Crippen LogP contribution in [0.25, 0.3) is 6.08 Å². The molecular formula is C33H43N3O2S. The quantitative estimate of drug-likeness (QED) is 0.101. The van der Waals surface area contributed by atoms with Crippen LogP contribution < -0.4 is 4.90 Å². The topological polar surface area (TPSA) is 43.9 Å². The minimum Gasteiger partial charge on any atom is -0.372 e. The number of likely N-dealkylation sites (N-methyl/N-ethyl adjacent to an activating group) is 2. The minimum atomic E-state index is -0.346. The van der Waals surface area contributed by atoms with Crippen LogP contribution in [0.4, 0.5) is 5.69 Å². The van der Waals surface area contributed by atoms with Crippen molar-refractivity contribution < 1.29 is 9.59 Å². The molecule has 5 nitrogen and oxygen atoms in total. The first kappa shape index (κ1) is 31.7. The molecule has 0 aromatic heterocycles. The summed E-state index contributed by atoms with van der Waals surface area (Å²) in [7, 11) is 0. The van der Waals surface area contributed by atoms with Gasteiger partial charge in [-0.3, -0.25) is 19.4 Å². The van der Waals surface area contributed by atoms with Crippen LogP contribution in [0.3, 0.4) is 0 Å². The Morgan fingerprint density at radius 1 is 0.692 bits per heavy atom. The van der Waals surface area contributed by atoms with Crippen LogP contribution in [0.2, 0.25) is 0 Å². The second kappa shape index (κ2) is 17.9. The summed E-state index contributed by atoms with van der Waals surface area (Å²) in [5.74, 6) is -0.693. The Labute approximate surface area is 240 Å². The van der Waals surface area contributed by atoms with E-state index in [1.54, 1.807) is 18.2 Å². The van der Waals surface area contributed by atoms with Crippen molar-refractivity contribution in [2.75, 3.05) is 31.1 Å². The van der Waals surface area contributed by atoms with Crippen LogP contribution in [0.1, 0.15) is 58.9 Å². The molecule has 0 atom stereocenters. The Balaban J connectivity index is 1.86. The summed E-state index contributed by atoms with van der Waals surface area (Å²) in [6, 6.07) is 8.79. The van der Waals surface area contributed by atoms with Crippen LogP contribution in [0, 0.1) is 0 Å². The lowest BCUT2D eigenvalue weighted by Crippen LogP contribution is -2.55. The summed E-state index contributed by atoms with van der Waals surface area (Å²) < 4.78 is 0. The lowest BCUT2D eigenvalue weighted by molar-refractivity contribution is -0.133. The second-order valence-corrected chi connectivity index (χ2v) is 9.51. The zero-order valence-electron chi connectivity index (χ0n) is 23.9. The number of carbonyl (C=O) groups excluding carboxylic acids is 2. The Kier molecular flexibility index (Phi) is 14.6. The fraction of sp³-hybridized carbons (Fsp3) is 0.364. The van der Waals surface area contributed by atoms with Crippen molar-refractivity contribution in [3.8, 4) is 0 Å². The molecular weight excluding hydrogens is 502 g/mol. The summed E-state index contributed by atoms with van der Waals surface area (Å²) in [4.78, 5) is 30.5. The molecule has 1 aliphatic heterocycles. The molecule has 6 heteroatoms. The van der Waals surface area contributed by atoms with Gasteiger partial charge in [0.25, 0.3) is 11.8 Å². The standard InChI is InChI=1S/C33H43N3O2S/c1-5-9-26-34(27-10-6-2)29-24-22-28(23-25-29)20-18-16-14-12-11-13-15-17-19-21-30-31(37)35(7-3)33(39)36(8-4)32(30)38/h11-25H,5-10,26-27H2,1-4H3/b12-11+,15-13+,16-14+,19-17+,20-18+. The fourth-order valence-corrected chi connectivity index (χ4v) is 4.46. The molecule has 2 amide bonds. The van der Waals surface area contributed by atoms with E-state index in [1.807, 2.05) is 56.4 Å². The van der Waals surface area contributed by atoms with Gasteiger partial charge in [-0.2, -0.15) is 0 Å². The number of benzene rings is 1. The summed E-state index contributed by atoms with van der Waals surface area (Å²) in [6.45, 7) is 11.3. The number of rotatable bonds is 15. The Morgan fingerprint density at radius 2 is 1.15 bits per heavy atom. The zero-order chi connectivity index (χ0) is 28.5. The highest BCUT2D eigenvalue weighted by Crippen LogP contribution is 2.19. The van der Waals surface area contributed by atoms with Gasteiger partial charge in [-0.05, 0) is 62.7 Å². The lowest BCUT2D eigenvalue weighted by atomic mass is 10.1. The predicted molar refractivity (Wildman–Crippen MR) is 170 cm³/mol. The van der Waals surface area contributed by atoms with Crippen molar-refractivity contribution in [1.29, 1.82) is 0 Å². The molecule has 0 spiro atoms. The highest BCUT2D eigenvalue weighted by molar-refractivity contribution is 7.80. The van der Waals surface area contributed by atoms with E-state index < -0.39 is 0 Å². The van der Waals surface area contributed by atoms with Crippen molar-refractivity contribution in [2.24, 2.45) is 0 Å². The maximum absolute atomic E-state index is 12.6. The average Bonchev–Trinajstić information content (AvgIpc) is 2.94. The van der Waals surface area contributed by atoms with Gasteiger partial charge in [0.15, 0.2) is 5.11 Å². The average molecular weight is 546 g/mol. The number of thiocarbonyl (C=S) groups is 1. The van der Waals surface area contributed by atoms with E-state index in [2.05, 4.69) is 49.1 Å². The molecule has 39 heavy (non-hydrogen) atoms. The van der Waals surface area contributed by atoms with Gasteiger partial charge in [-0.25, -0.2) is 0 Å². The Hall–Kier alpha value is -3.51. The molecule has 0 bridgehead atoms. The minimum absolute atomic E-state index is 0.127. The lowest BCUT2D eigenvalue weighted by Gasteiger charge is -2.35. The van der Waals surface area contributed by atoms with Crippen LogP contribution in [-0.4, -0.2) is 52.9 Å². The summed E-state index contributed by atoms with van der Waals surface area (Å²) in [5.41, 5.74) is 2.61. The van der Waals surface area contributed by atoms with E-state index in [9.17, 15) is 9.59 Å². The number of amides is 2. The highest BCUT2D eigenvalue weighted by atomic mass is 32.1. The van der Waals surface area contributed by atoms with Crippen LogP contribution in [-0.2, 0) is 9.59 Å². The van der Waals surface area contributed by atoms with Gasteiger partial charge in [0.1, 0.15) is 5.57 Å². The van der Waals surface area contributed by atoms with Gasteiger partial charge in [0.05, 0.1) is 0 Å². The molecule has 1 aliphatic rings. The molecule has 0 N–H and O–H groups in total. The van der Waals surface area contributed by atoms with Crippen molar-refractivity contribution in [2.45, 2.75) is 53.4 Å². The van der Waals surface area contributed by atoms with E-state index in [4.69, 9.17) is 12.2 Å². The molecule has 1 heterocycles. The van der Waals surface area contributed by atoms with Gasteiger partial charge in [-0.15, -0.1) is 0 Å². The number of anilines is 1. The Bertz CT molecular complexity index is 1090. The Morgan fingerprint density at radius 3 is 1.62 bits per heavy atom. The molecule has 1 saturated heterocycles. The van der Waals surface area contributed by atoms with Crippen molar-refractivity contribution >= 4 is 40.9 Å². The largest absolute Gasteiger partial charge is 0.372 e. The first-order chi connectivity index (χ1) is 19.0. The van der Waals surface area contributed by atoms with Crippen molar-refractivity contribution in [3.05, 3.63) is 96.2 Å². The molecule has 208 valence electrons. The third-order valence-corrected chi connectivity index (χ3v) is 6.75. The predicted octanol–water partition coefficient (Wildman–Crippen LogP) is 7.25. The monoisotopic (exact) mass is 545 g/mol. The van der Waals surface area contributed by atoms with E-state index >= 15 is 0 Å². The number of nitrogens with zero attached hydrogens (tertiary/aromatic N) is 3. The van der Waals surface area contributed by atoms with Gasteiger partial charge in [0.2, 0.25) is 0 Å². The number of unbranched alkanes of at least 4 members (excludes halogenated alkanes) is 2. The smallest absolute Gasteiger partial charge is 0.265 e. The first-order valence-electron chi connectivity index (χ1n) is 14.1. The number of carbonyl (C=O) groups is 2. The normalized spacial score (nSPS) is 15.0. The fourth-order valence-electron chi connectivity index (χ4n) is 4.03. The summed E-state index contributed by atoms with van der Waals surface area (Å²) in [6.07, 6.45) is 25.6. The van der Waals surface area contributed by atoms with E-state index in [0.717, 1.165) is 13.1 Å². The molecule has 1 aromatic carbocycles. The van der Waals surface area contributed by atoms with Crippen molar-refractivity contribution in [3.63, 3.8) is 0 Å². The van der Waals surface area contributed by atoms with Crippen LogP contribution in [0.15, 0.2) is 90.6 Å². The highest BCUT2D eigenvalue weighted by Gasteiger charge is 2.37. The third-order valence-electron chi connectivity index (χ3n) is 6.31. The summed E-state index contributed by atoms with van der Waals surface area (Å²) in [5, 5.41) is 0.272. The van der Waals surface area contributed by atoms with Crippen LogP contribution >= 0.6 is 12.2 Å². The van der Waals surface area contributed by atoms with Crippen LogP contribution in [0.5, 0.6) is 0 Å². The number of allylic oxidation sites excluding steroid dienone is 10. The molecule has 1 fully saturated rings. The molecule has 0 unspecified atom stereocenters. The molecule has 0 aliphatic carbocycles. The van der Waals surface area contributed by atoms with E-state index in [1.165, 1.54) is 46.7 Å². The number of hydrogen-bond donors (Lipinski definition) is 0. The number of hydrogen-bond acceptors (Lipinski definition) is 4. The van der Waals surface area contributed by atoms with E-state index in [-0.39, 0.29) is 22.5 Å². The van der Waals surface area contributed by atoms with Gasteiger partial charge >= 0.3 is 0 Å². The van der Waals surface area contributed by atoms with Gasteiger partial charge < -0.3 is 4.90 Å². The second-order valence-electron chi connectivity index (χ2n) is 9.15. The van der Waals surface area contributed by atoms with E-state index in [0.29, 0.717) is 13.1 Å². The first-order valence-corrected chi connectivity index (χ1v) is 14.5. The maximum Gasteiger partial charge on any atom is 0.265 e.